The molecule has 48 heavy (non-hydrogen) atoms. The van der Waals surface area contributed by atoms with E-state index in [0.29, 0.717) is 11.8 Å². The molecule has 4 aromatic carbocycles. The maximum absolute atomic E-state index is 4.85. The standard InChI is InChI=1S/C25H23N4.C16H12N2.Ir/c1-15(2)17-10-7-11-18(16(3)4)23(17)22-13-27-24-20-9-6-5-8-19(20)21-12-26-14-28-25(21)29(22)24;1-17-10-16-14-8-3-2-6-12(14)13-7-4-5-9-15(13)18(16)11-17;/h5-8,10-16H,1-4H3;2-8,10-11H,1H3;/q-1;-2;+3. The second-order valence-electron chi connectivity index (χ2n) is 12.8. The summed E-state index contributed by atoms with van der Waals surface area (Å²) in [5.41, 5.74) is 12.9. The Morgan fingerprint density at radius 1 is 0.708 bits per heavy atom. The SMILES string of the molecule is CC(C)c1cccc(C(C)C)c1-c1cnc2c3[c-]cccc3c3cncnc3n12.CN1C=C2c3ccccc3-c3ccc[c-]c3N2[CH-]1.[Ir+3]. The van der Waals surface area contributed by atoms with Crippen LogP contribution in [0.1, 0.15) is 56.2 Å². The minimum Gasteiger partial charge on any atom is -0.510 e. The molecule has 0 N–H and O–H groups in total. The van der Waals surface area contributed by atoms with Crippen LogP contribution in [0.15, 0.2) is 104 Å². The van der Waals surface area contributed by atoms with E-state index in [-0.39, 0.29) is 20.1 Å². The molecule has 5 heterocycles. The quantitative estimate of drug-likeness (QED) is 0.132. The van der Waals surface area contributed by atoms with Gasteiger partial charge in [0.2, 0.25) is 0 Å². The number of rotatable bonds is 3. The molecule has 238 valence electrons. The number of hydrogen-bond donors (Lipinski definition) is 0. The molecule has 2 aliphatic heterocycles. The fourth-order valence-corrected chi connectivity index (χ4v) is 7.00. The first-order valence-corrected chi connectivity index (χ1v) is 16.1. The molecule has 7 heteroatoms. The zero-order valence-corrected chi connectivity index (χ0v) is 30.0. The van der Waals surface area contributed by atoms with Crippen LogP contribution in [0.5, 0.6) is 0 Å². The van der Waals surface area contributed by atoms with E-state index in [1.807, 2.05) is 36.7 Å². The zero-order valence-electron chi connectivity index (χ0n) is 27.6. The molecule has 2 aliphatic rings. The Morgan fingerprint density at radius 3 is 2.19 bits per heavy atom. The van der Waals surface area contributed by atoms with Crippen LogP contribution < -0.4 is 4.90 Å². The topological polar surface area (TPSA) is 49.6 Å². The summed E-state index contributed by atoms with van der Waals surface area (Å²) >= 11 is 0. The number of benzene rings is 4. The number of aromatic nitrogens is 4. The first-order chi connectivity index (χ1) is 22.9. The van der Waals surface area contributed by atoms with Gasteiger partial charge in [0, 0.05) is 29.0 Å². The van der Waals surface area contributed by atoms with Gasteiger partial charge in [0.05, 0.1) is 11.3 Å². The van der Waals surface area contributed by atoms with Crippen LogP contribution in [0.4, 0.5) is 5.69 Å². The van der Waals surface area contributed by atoms with Gasteiger partial charge in [-0.1, -0.05) is 86.8 Å². The van der Waals surface area contributed by atoms with E-state index in [9.17, 15) is 0 Å². The fourth-order valence-electron chi connectivity index (χ4n) is 7.00. The van der Waals surface area contributed by atoms with Crippen molar-refractivity contribution in [1.82, 2.24) is 24.3 Å². The number of pyridine rings is 1. The summed E-state index contributed by atoms with van der Waals surface area (Å²) in [6, 6.07) is 34.1. The minimum atomic E-state index is 0. The average molecular weight is 804 g/mol. The summed E-state index contributed by atoms with van der Waals surface area (Å²) in [5.74, 6) is 0.810. The van der Waals surface area contributed by atoms with Crippen molar-refractivity contribution in [2.24, 2.45) is 0 Å². The fraction of sp³-hybridized carbons (Fsp3) is 0.171. The van der Waals surface area contributed by atoms with E-state index in [4.69, 9.17) is 4.98 Å². The van der Waals surface area contributed by atoms with Crippen molar-refractivity contribution in [1.29, 1.82) is 0 Å². The van der Waals surface area contributed by atoms with Crippen molar-refractivity contribution in [2.75, 3.05) is 11.9 Å². The number of hydrogen-bond acceptors (Lipinski definition) is 5. The Kier molecular flexibility index (Phi) is 8.36. The molecule has 7 aromatic rings. The van der Waals surface area contributed by atoms with E-state index in [1.54, 1.807) is 6.33 Å². The Morgan fingerprint density at radius 2 is 1.42 bits per heavy atom. The summed E-state index contributed by atoms with van der Waals surface area (Å²) < 4.78 is 2.18. The first kappa shape index (κ1) is 31.7. The number of imidazole rings is 1. The molecule has 0 spiro atoms. The Labute approximate surface area is 295 Å². The van der Waals surface area contributed by atoms with Crippen LogP contribution in [0.25, 0.3) is 55.5 Å². The molecule has 6 nitrogen and oxygen atoms in total. The smallest absolute Gasteiger partial charge is 0.510 e. The van der Waals surface area contributed by atoms with Crippen molar-refractivity contribution in [3.63, 3.8) is 0 Å². The van der Waals surface area contributed by atoms with Gasteiger partial charge < -0.3 is 14.2 Å². The van der Waals surface area contributed by atoms with Gasteiger partial charge >= 0.3 is 20.1 Å². The monoisotopic (exact) mass is 804 g/mol. The molecule has 0 fully saturated rings. The van der Waals surface area contributed by atoms with Crippen LogP contribution in [0.3, 0.4) is 0 Å². The molecule has 9 rings (SSSR count). The number of fused-ring (bicyclic) bond motifs is 12. The minimum absolute atomic E-state index is 0. The van der Waals surface area contributed by atoms with Crippen molar-refractivity contribution in [3.8, 4) is 22.4 Å². The maximum atomic E-state index is 4.85. The van der Waals surface area contributed by atoms with Crippen LogP contribution >= 0.6 is 0 Å². The summed E-state index contributed by atoms with van der Waals surface area (Å²) in [5, 5.41) is 3.09. The summed E-state index contributed by atoms with van der Waals surface area (Å²) in [7, 11) is 2.05. The van der Waals surface area contributed by atoms with E-state index in [1.165, 1.54) is 39.1 Å². The zero-order chi connectivity index (χ0) is 32.2. The van der Waals surface area contributed by atoms with Gasteiger partial charge in [-0.05, 0) is 41.8 Å². The molecule has 0 saturated heterocycles. The van der Waals surface area contributed by atoms with E-state index >= 15 is 0 Å². The van der Waals surface area contributed by atoms with Gasteiger partial charge in [0.15, 0.2) is 0 Å². The molecule has 0 amide bonds. The van der Waals surface area contributed by atoms with Crippen molar-refractivity contribution in [3.05, 3.63) is 139 Å². The number of nitrogens with zero attached hydrogens (tertiary/aromatic N) is 6. The Balaban J connectivity index is 0.000000164. The molecular formula is C41H35IrN6. The van der Waals surface area contributed by atoms with Crippen LogP contribution in [-0.4, -0.2) is 31.3 Å². The molecule has 0 radical (unpaired) electrons. The molecule has 0 saturated carbocycles. The van der Waals surface area contributed by atoms with Crippen molar-refractivity contribution >= 4 is 38.8 Å². The predicted molar refractivity (Wildman–Crippen MR) is 191 cm³/mol. The van der Waals surface area contributed by atoms with Crippen LogP contribution in [0, 0.1) is 18.8 Å². The molecule has 0 atom stereocenters. The molecule has 0 unspecified atom stereocenters. The predicted octanol–water partition coefficient (Wildman–Crippen LogP) is 9.48. The molecule has 0 bridgehead atoms. The summed E-state index contributed by atoms with van der Waals surface area (Å²) in [6.07, 6.45) is 7.65. The third-order valence-corrected chi connectivity index (χ3v) is 9.12. The van der Waals surface area contributed by atoms with Gasteiger partial charge in [0.1, 0.15) is 12.0 Å². The van der Waals surface area contributed by atoms with Gasteiger partial charge in [-0.3, -0.25) is 4.98 Å². The normalized spacial score (nSPS) is 13.3. The van der Waals surface area contributed by atoms with Gasteiger partial charge in [-0.15, -0.1) is 35.2 Å². The second kappa shape index (κ2) is 12.6. The number of para-hydroxylation sites is 1. The van der Waals surface area contributed by atoms with Gasteiger partial charge in [-0.25, -0.2) is 9.97 Å². The van der Waals surface area contributed by atoms with Crippen LogP contribution in [-0.2, 0) is 20.1 Å². The summed E-state index contributed by atoms with van der Waals surface area (Å²) in [6.45, 7) is 11.1. The third-order valence-electron chi connectivity index (χ3n) is 9.12. The number of anilines is 1. The van der Waals surface area contributed by atoms with E-state index in [2.05, 4.69) is 139 Å². The van der Waals surface area contributed by atoms with Gasteiger partial charge in [-0.2, -0.15) is 30.9 Å². The molecular weight excluding hydrogens is 769 g/mol. The van der Waals surface area contributed by atoms with Crippen LogP contribution in [0.2, 0.25) is 0 Å². The second-order valence-corrected chi connectivity index (χ2v) is 12.8. The first-order valence-electron chi connectivity index (χ1n) is 16.1. The molecule has 0 aliphatic carbocycles. The van der Waals surface area contributed by atoms with Crippen molar-refractivity contribution < 1.29 is 20.1 Å². The average Bonchev–Trinajstić information content (AvgIpc) is 3.73. The van der Waals surface area contributed by atoms with E-state index in [0.717, 1.165) is 38.8 Å². The van der Waals surface area contributed by atoms with Gasteiger partial charge in [0.25, 0.3) is 0 Å². The van der Waals surface area contributed by atoms with Crippen molar-refractivity contribution in [2.45, 2.75) is 39.5 Å². The van der Waals surface area contributed by atoms with E-state index < -0.39 is 0 Å². The third kappa shape index (κ3) is 5.09. The Hall–Kier alpha value is -4.84. The molecule has 3 aromatic heterocycles. The maximum Gasteiger partial charge on any atom is 3.00 e. The summed E-state index contributed by atoms with van der Waals surface area (Å²) in [4.78, 5) is 18.1. The largest absolute Gasteiger partial charge is 3.00 e. The Bertz CT molecular complexity index is 2310.